The number of amides is 6. The molecule has 0 saturated carbocycles. The third-order valence-electron chi connectivity index (χ3n) is 18.9. The molecule has 6 amide bonds. The molecular weight excluding hydrogens is 1200 g/mol. The van der Waals surface area contributed by atoms with Crippen molar-refractivity contribution in [1.82, 2.24) is 41.2 Å². The van der Waals surface area contributed by atoms with Gasteiger partial charge in [0.15, 0.2) is 29.8 Å². The van der Waals surface area contributed by atoms with Gasteiger partial charge >= 0.3 is 5.97 Å². The van der Waals surface area contributed by atoms with Crippen molar-refractivity contribution in [2.45, 2.75) is 254 Å². The van der Waals surface area contributed by atoms with E-state index in [1.807, 2.05) is 0 Å². The van der Waals surface area contributed by atoms with Gasteiger partial charge in [0.1, 0.15) is 53.8 Å². The Hall–Kier alpha value is -5.14. The second kappa shape index (κ2) is 29.7. The Labute approximate surface area is 528 Å². The third-order valence-corrected chi connectivity index (χ3v) is 18.9. The number of nitrogens with one attached hydrogen (secondary N) is 3. The molecule has 0 aromatic rings. The van der Waals surface area contributed by atoms with E-state index < -0.39 is 199 Å². The summed E-state index contributed by atoms with van der Waals surface area (Å²) in [4.78, 5) is 120. The molecule has 7 rings (SSSR count). The van der Waals surface area contributed by atoms with Crippen LogP contribution < -0.4 is 16.2 Å². The van der Waals surface area contributed by atoms with Gasteiger partial charge in [-0.3, -0.25) is 54.0 Å². The van der Waals surface area contributed by atoms with Crippen LogP contribution in [0.3, 0.4) is 0 Å². The number of hydrogen-bond donors (Lipinski definition) is 10. The number of ketones is 1. The molecule has 0 spiro atoms. The number of rotatable bonds is 17. The first kappa shape index (κ1) is 73.3. The van der Waals surface area contributed by atoms with Crippen molar-refractivity contribution in [1.29, 1.82) is 0 Å². The van der Waals surface area contributed by atoms with Crippen LogP contribution in [0.15, 0.2) is 11.8 Å². The number of hydrogen-bond acceptors (Lipinski definition) is 26. The van der Waals surface area contributed by atoms with Crippen LogP contribution in [0.2, 0.25) is 0 Å². The Morgan fingerprint density at radius 3 is 2.09 bits per heavy atom. The number of methoxy groups -OCH3 is 3. The number of aliphatic hydroxyl groups is 5. The number of carbonyl (C=O) groups excluding carboxylic acids is 8. The van der Waals surface area contributed by atoms with Crippen LogP contribution in [-0.4, -0.2) is 276 Å². The topological polar surface area (TPSA) is 414 Å². The molecular formula is C59H96N8O24. The van der Waals surface area contributed by atoms with Gasteiger partial charge in [-0.15, -0.1) is 0 Å². The summed E-state index contributed by atoms with van der Waals surface area (Å²) in [6.07, 6.45) is -9.00. The lowest BCUT2D eigenvalue weighted by Crippen LogP contribution is -2.71. The summed E-state index contributed by atoms with van der Waals surface area (Å²) in [6.45, 7) is 12.9. The van der Waals surface area contributed by atoms with Gasteiger partial charge in [0.05, 0.1) is 49.3 Å². The molecule has 6 saturated heterocycles. The molecule has 6 fully saturated rings. The van der Waals surface area contributed by atoms with Crippen LogP contribution in [0.5, 0.6) is 0 Å². The van der Waals surface area contributed by atoms with Crippen molar-refractivity contribution in [2.24, 2.45) is 11.8 Å². The molecule has 91 heavy (non-hydrogen) atoms. The van der Waals surface area contributed by atoms with Gasteiger partial charge in [-0.2, -0.15) is 0 Å². The van der Waals surface area contributed by atoms with Gasteiger partial charge in [0.25, 0.3) is 35.4 Å². The van der Waals surface area contributed by atoms with Gasteiger partial charge < -0.3 is 78.4 Å². The summed E-state index contributed by atoms with van der Waals surface area (Å²) in [5.74, 6) is -14.4. The van der Waals surface area contributed by atoms with E-state index in [1.54, 1.807) is 27.7 Å². The lowest BCUT2D eigenvalue weighted by molar-refractivity contribution is -0.326. The van der Waals surface area contributed by atoms with Crippen molar-refractivity contribution in [2.75, 3.05) is 47.6 Å². The zero-order valence-corrected chi connectivity index (χ0v) is 54.2. The van der Waals surface area contributed by atoms with Crippen LogP contribution in [-0.2, 0) is 81.0 Å². The van der Waals surface area contributed by atoms with Gasteiger partial charge in [0.2, 0.25) is 12.1 Å². The zero-order valence-electron chi connectivity index (χ0n) is 54.2. The molecule has 0 aliphatic carbocycles. The molecule has 7 heterocycles. The highest BCUT2D eigenvalue weighted by atomic mass is 16.7. The first-order chi connectivity index (χ1) is 42.7. The number of fused-ring (bicyclic) bond motifs is 3. The zero-order chi connectivity index (χ0) is 67.6. The summed E-state index contributed by atoms with van der Waals surface area (Å²) in [6, 6.07) is -11.7. The number of nitrogens with zero attached hydrogens (tertiary/aromatic N) is 5. The van der Waals surface area contributed by atoms with E-state index in [9.17, 15) is 59.9 Å². The Morgan fingerprint density at radius 1 is 0.824 bits per heavy atom. The minimum atomic E-state index is -3.00. The Morgan fingerprint density at radius 2 is 1.47 bits per heavy atom. The van der Waals surface area contributed by atoms with E-state index in [2.05, 4.69) is 16.2 Å². The average Bonchev–Trinajstić information content (AvgIpc) is 1.69. The van der Waals surface area contributed by atoms with Crippen molar-refractivity contribution >= 4 is 47.2 Å². The largest absolute Gasteiger partial charge is 0.468 e. The Bertz CT molecular complexity index is 2670. The first-order valence-electron chi connectivity index (χ1n) is 31.4. The van der Waals surface area contributed by atoms with Crippen LogP contribution >= 0.6 is 0 Å². The predicted molar refractivity (Wildman–Crippen MR) is 310 cm³/mol. The van der Waals surface area contributed by atoms with Crippen molar-refractivity contribution in [3.8, 4) is 0 Å². The van der Waals surface area contributed by atoms with E-state index in [0.717, 1.165) is 29.0 Å². The molecule has 516 valence electrons. The summed E-state index contributed by atoms with van der Waals surface area (Å²) in [7, 11) is 4.08. The second-order valence-electron chi connectivity index (χ2n) is 25.6. The fourth-order valence-corrected chi connectivity index (χ4v) is 13.0. The van der Waals surface area contributed by atoms with Crippen molar-refractivity contribution < 1.29 is 117 Å². The molecule has 21 unspecified atom stereocenters. The number of cyclic esters (lactones) is 1. The molecule has 10 N–H and O–H groups in total. The highest BCUT2D eigenvalue weighted by Gasteiger charge is 2.60. The van der Waals surface area contributed by atoms with Gasteiger partial charge in [-0.05, 0) is 91.6 Å². The standard InChI is InChI=1S/C59H96N8O24/c1-14-34-54(75)90-45(29(4)5)43(62-55(76)58(10,79)59(80)20-19-33(38(15-2)91-59)48(69)56(8,77)16-3)52(73)64-35(18-17-22-60-64)51(72)67(82)37(28-83-11)50(71)65-36(49(70)63-23-21-57(9,78)47(63)53(74)66(34)81)24-32(27-61-65)88-41-26-40(85-13)46(31(7)87-41)89-42-25-39(84-12)44(68)30(6)86-42/h24,29-31,33-47,60-61,68,77-82H,14-23,25-28H2,1-13H3,(H,62,76). The van der Waals surface area contributed by atoms with Gasteiger partial charge in [0, 0.05) is 59.6 Å². The number of carbonyl (C=O) groups is 8. The molecule has 0 bridgehead atoms. The summed E-state index contributed by atoms with van der Waals surface area (Å²) >= 11 is 0. The number of Topliss-reactive ketones (excluding diaryl/α,β-unsaturated/α-hetero) is 1. The fraction of sp³-hybridized carbons (Fsp3) is 0.831. The van der Waals surface area contributed by atoms with Crippen LogP contribution in [0, 0.1) is 11.8 Å². The lowest BCUT2D eigenvalue weighted by atomic mass is 9.76. The van der Waals surface area contributed by atoms with E-state index >= 15 is 14.4 Å². The number of ether oxygens (including phenoxy) is 9. The van der Waals surface area contributed by atoms with E-state index in [1.165, 1.54) is 54.9 Å². The van der Waals surface area contributed by atoms with E-state index in [0.29, 0.717) is 0 Å². The van der Waals surface area contributed by atoms with Gasteiger partial charge in [-0.25, -0.2) is 25.8 Å². The third kappa shape index (κ3) is 15.0. The van der Waals surface area contributed by atoms with Gasteiger partial charge in [-0.1, -0.05) is 34.6 Å². The van der Waals surface area contributed by atoms with Crippen LogP contribution in [0.4, 0.5) is 0 Å². The maximum Gasteiger partial charge on any atom is 0.331 e. The number of hydrazine groups is 2. The van der Waals surface area contributed by atoms with Crippen LogP contribution in [0.25, 0.3) is 0 Å². The van der Waals surface area contributed by atoms with E-state index in [4.69, 9.17) is 42.6 Å². The quantitative estimate of drug-likeness (QED) is 0.0565. The molecule has 32 heteroatoms. The summed E-state index contributed by atoms with van der Waals surface area (Å²) in [5, 5.41) is 85.8. The number of aliphatic hydroxyl groups excluding tert-OH is 1. The minimum Gasteiger partial charge on any atom is -0.468 e. The molecule has 0 radical (unpaired) electrons. The van der Waals surface area contributed by atoms with Crippen LogP contribution in [0.1, 0.15) is 133 Å². The molecule has 21 atom stereocenters. The van der Waals surface area contributed by atoms with Crippen molar-refractivity contribution in [3.05, 3.63) is 11.8 Å². The monoisotopic (exact) mass is 1300 g/mol. The average molecular weight is 1300 g/mol. The minimum absolute atomic E-state index is 0.00109. The highest BCUT2D eigenvalue weighted by molar-refractivity contribution is 5.99. The predicted octanol–water partition coefficient (Wildman–Crippen LogP) is -1.83. The SMILES string of the molecule is CCC1OC(O)(C(C)(O)C(=O)NC2C(=O)N3NCCCC3C(=O)N(O)C(COC)C(=O)N3NCC(OC4CC(OC)C(OC5CC(OC)C(O)C(C)O5)C(C)O4)=CC3C(=O)N3CCC(C)(O)C3C(=O)N(O)C(CC)C(=O)OC2C(C)C)CCC1C(=O)C(C)(O)CC. The maximum atomic E-state index is 15.5. The van der Waals surface area contributed by atoms with E-state index in [-0.39, 0.29) is 86.9 Å². The normalized spacial score (nSPS) is 38.3. The first-order valence-corrected chi connectivity index (χ1v) is 31.4. The summed E-state index contributed by atoms with van der Waals surface area (Å²) in [5.41, 5.74) is -1.27. The maximum absolute atomic E-state index is 15.5. The molecule has 7 aliphatic heterocycles. The highest BCUT2D eigenvalue weighted by Crippen LogP contribution is 2.42. The number of esters is 1. The van der Waals surface area contributed by atoms with Crippen molar-refractivity contribution in [3.63, 3.8) is 0 Å². The summed E-state index contributed by atoms with van der Waals surface area (Å²) < 4.78 is 53.7. The molecule has 32 nitrogen and oxygen atoms in total. The molecule has 0 aromatic carbocycles. The second-order valence-corrected chi connectivity index (χ2v) is 25.6. The Balaban J connectivity index is 1.26. The fourth-order valence-electron chi connectivity index (χ4n) is 13.0. The smallest absolute Gasteiger partial charge is 0.331 e. The lowest BCUT2D eigenvalue weighted by Gasteiger charge is -2.48. The molecule has 7 aliphatic rings. The molecule has 0 aromatic heterocycles. The Kier molecular flexibility index (Phi) is 23.9. The number of hydroxylamine groups is 4.